The molecule has 0 aliphatic heterocycles. The molecule has 1 N–H and O–H groups in total. The summed E-state index contributed by atoms with van der Waals surface area (Å²) in [5.41, 5.74) is 6.25. The first kappa shape index (κ1) is 21.8. The number of benzene rings is 3. The zero-order chi connectivity index (χ0) is 22.2. The van der Waals surface area contributed by atoms with E-state index in [-0.39, 0.29) is 5.97 Å². The SMILES string of the molecule is CCC(=C(c1ccc(C=CC(=O)O)cc1)c1ccc(OC(C)=O)cc1)c1ccccc1. The van der Waals surface area contributed by atoms with Crippen LogP contribution in [0.1, 0.15) is 42.5 Å². The Kier molecular flexibility index (Phi) is 7.17. The number of carboxylic acids is 1. The lowest BCUT2D eigenvalue weighted by molar-refractivity contribution is -0.132. The molecule has 0 saturated heterocycles. The van der Waals surface area contributed by atoms with Crippen molar-refractivity contribution in [2.75, 3.05) is 0 Å². The van der Waals surface area contributed by atoms with Gasteiger partial charge in [-0.1, -0.05) is 73.7 Å². The van der Waals surface area contributed by atoms with E-state index in [2.05, 4.69) is 19.1 Å². The van der Waals surface area contributed by atoms with Crippen LogP contribution >= 0.6 is 0 Å². The normalized spacial score (nSPS) is 11.8. The Balaban J connectivity index is 2.12. The molecule has 0 aliphatic rings. The van der Waals surface area contributed by atoms with Crippen molar-refractivity contribution in [2.45, 2.75) is 20.3 Å². The number of aliphatic carboxylic acids is 1. The van der Waals surface area contributed by atoms with E-state index in [1.165, 1.54) is 12.5 Å². The molecule has 0 fully saturated rings. The predicted octanol–water partition coefficient (Wildman–Crippen LogP) is 6.08. The predicted molar refractivity (Wildman–Crippen MR) is 124 cm³/mol. The van der Waals surface area contributed by atoms with Crippen LogP contribution in [0.5, 0.6) is 5.75 Å². The van der Waals surface area contributed by atoms with E-state index in [1.807, 2.05) is 54.6 Å². The topological polar surface area (TPSA) is 63.6 Å². The van der Waals surface area contributed by atoms with Gasteiger partial charge in [-0.05, 0) is 58.0 Å². The number of carboxylic acid groups (broad SMARTS) is 1. The molecule has 0 saturated carbocycles. The standard InChI is InChI=1S/C27H24O4/c1-3-25(21-7-5-4-6-8-21)27(23-14-16-24(17-15-23)31-19(2)28)22-12-9-20(10-13-22)11-18-26(29)30/h4-18H,3H2,1-2H3,(H,29,30). The van der Waals surface area contributed by atoms with E-state index in [0.717, 1.165) is 40.3 Å². The van der Waals surface area contributed by atoms with Crippen molar-refractivity contribution in [1.29, 1.82) is 0 Å². The summed E-state index contributed by atoms with van der Waals surface area (Å²) in [6, 6.07) is 25.5. The van der Waals surface area contributed by atoms with Crippen molar-refractivity contribution in [3.05, 3.63) is 107 Å². The lowest BCUT2D eigenvalue weighted by atomic mass is 9.88. The lowest BCUT2D eigenvalue weighted by Crippen LogP contribution is -2.01. The van der Waals surface area contributed by atoms with E-state index < -0.39 is 5.97 Å². The van der Waals surface area contributed by atoms with Gasteiger partial charge in [-0.25, -0.2) is 4.79 Å². The van der Waals surface area contributed by atoms with Gasteiger partial charge < -0.3 is 9.84 Å². The van der Waals surface area contributed by atoms with E-state index >= 15 is 0 Å². The minimum absolute atomic E-state index is 0.355. The van der Waals surface area contributed by atoms with Gasteiger partial charge >= 0.3 is 11.9 Å². The maximum atomic E-state index is 11.2. The summed E-state index contributed by atoms with van der Waals surface area (Å²) in [6.45, 7) is 3.50. The van der Waals surface area contributed by atoms with Crippen LogP contribution in [0.4, 0.5) is 0 Å². The monoisotopic (exact) mass is 412 g/mol. The number of hydrogen-bond donors (Lipinski definition) is 1. The third kappa shape index (κ3) is 5.80. The van der Waals surface area contributed by atoms with E-state index in [4.69, 9.17) is 9.84 Å². The summed E-state index contributed by atoms with van der Waals surface area (Å²) >= 11 is 0. The molecule has 3 aromatic carbocycles. The van der Waals surface area contributed by atoms with Crippen molar-refractivity contribution < 1.29 is 19.4 Å². The van der Waals surface area contributed by atoms with Crippen LogP contribution in [0.3, 0.4) is 0 Å². The number of carbonyl (C=O) groups is 2. The summed E-state index contributed by atoms with van der Waals surface area (Å²) in [7, 11) is 0. The molecule has 31 heavy (non-hydrogen) atoms. The van der Waals surface area contributed by atoms with Crippen LogP contribution in [0.25, 0.3) is 17.2 Å². The first-order valence-corrected chi connectivity index (χ1v) is 10.1. The fraction of sp³-hybridized carbons (Fsp3) is 0.111. The average molecular weight is 412 g/mol. The zero-order valence-electron chi connectivity index (χ0n) is 17.5. The molecule has 0 atom stereocenters. The number of carbonyl (C=O) groups excluding carboxylic acids is 1. The van der Waals surface area contributed by atoms with Gasteiger partial charge in [-0.2, -0.15) is 0 Å². The summed E-state index contributed by atoms with van der Waals surface area (Å²) in [5.74, 6) is -0.829. The van der Waals surface area contributed by atoms with E-state index in [0.29, 0.717) is 5.75 Å². The zero-order valence-corrected chi connectivity index (χ0v) is 17.5. The number of esters is 1. The highest BCUT2D eigenvalue weighted by Crippen LogP contribution is 2.35. The Morgan fingerprint density at radius 3 is 1.94 bits per heavy atom. The Hall–Kier alpha value is -3.92. The van der Waals surface area contributed by atoms with Crippen LogP contribution in [0, 0.1) is 0 Å². The molecule has 0 radical (unpaired) electrons. The molecule has 0 bridgehead atoms. The second kappa shape index (κ2) is 10.2. The second-order valence-electron chi connectivity index (χ2n) is 6.98. The van der Waals surface area contributed by atoms with Gasteiger partial charge in [0.05, 0.1) is 0 Å². The molecule has 156 valence electrons. The minimum atomic E-state index is -0.977. The van der Waals surface area contributed by atoms with Crippen molar-refractivity contribution in [3.8, 4) is 5.75 Å². The van der Waals surface area contributed by atoms with Gasteiger partial charge in [0, 0.05) is 13.0 Å². The quantitative estimate of drug-likeness (QED) is 0.221. The molecule has 0 heterocycles. The van der Waals surface area contributed by atoms with Gasteiger partial charge in [0.2, 0.25) is 0 Å². The largest absolute Gasteiger partial charge is 0.478 e. The van der Waals surface area contributed by atoms with Crippen LogP contribution in [-0.4, -0.2) is 17.0 Å². The van der Waals surface area contributed by atoms with Crippen molar-refractivity contribution in [1.82, 2.24) is 0 Å². The molecule has 3 aromatic rings. The molecule has 4 nitrogen and oxygen atoms in total. The molecule has 0 spiro atoms. The molecular weight excluding hydrogens is 388 g/mol. The number of ether oxygens (including phenoxy) is 1. The number of allylic oxidation sites excluding steroid dienone is 1. The van der Waals surface area contributed by atoms with Crippen LogP contribution in [0.2, 0.25) is 0 Å². The van der Waals surface area contributed by atoms with Gasteiger partial charge in [-0.15, -0.1) is 0 Å². The Morgan fingerprint density at radius 2 is 1.42 bits per heavy atom. The van der Waals surface area contributed by atoms with Crippen molar-refractivity contribution in [2.24, 2.45) is 0 Å². The van der Waals surface area contributed by atoms with E-state index in [9.17, 15) is 9.59 Å². The fourth-order valence-electron chi connectivity index (χ4n) is 3.46. The van der Waals surface area contributed by atoms with Crippen molar-refractivity contribution in [3.63, 3.8) is 0 Å². The summed E-state index contributed by atoms with van der Waals surface area (Å²) in [5, 5.41) is 8.85. The number of hydrogen-bond acceptors (Lipinski definition) is 3. The Bertz CT molecular complexity index is 1110. The molecule has 4 heteroatoms. The minimum Gasteiger partial charge on any atom is -0.478 e. The lowest BCUT2D eigenvalue weighted by Gasteiger charge is -2.17. The van der Waals surface area contributed by atoms with Gasteiger partial charge in [0.25, 0.3) is 0 Å². The molecule has 0 unspecified atom stereocenters. The molecule has 3 rings (SSSR count). The van der Waals surface area contributed by atoms with Crippen LogP contribution in [0.15, 0.2) is 84.9 Å². The van der Waals surface area contributed by atoms with E-state index in [1.54, 1.807) is 18.2 Å². The summed E-state index contributed by atoms with van der Waals surface area (Å²) in [6.07, 6.45) is 3.52. The fourth-order valence-corrected chi connectivity index (χ4v) is 3.46. The molecular formula is C27H24O4. The third-order valence-electron chi connectivity index (χ3n) is 4.80. The number of rotatable bonds is 7. The maximum absolute atomic E-state index is 11.2. The highest BCUT2D eigenvalue weighted by atomic mass is 16.5. The summed E-state index contributed by atoms with van der Waals surface area (Å²) < 4.78 is 5.18. The van der Waals surface area contributed by atoms with Gasteiger partial charge in [0.1, 0.15) is 5.75 Å². The Labute approximate surface area is 182 Å². The molecule has 0 amide bonds. The second-order valence-corrected chi connectivity index (χ2v) is 6.98. The van der Waals surface area contributed by atoms with Crippen molar-refractivity contribution >= 4 is 29.2 Å². The smallest absolute Gasteiger partial charge is 0.328 e. The van der Waals surface area contributed by atoms with Crippen LogP contribution in [-0.2, 0) is 9.59 Å². The maximum Gasteiger partial charge on any atom is 0.328 e. The first-order chi connectivity index (χ1) is 15.0. The van der Waals surface area contributed by atoms with Gasteiger partial charge in [0.15, 0.2) is 0 Å². The molecule has 0 aliphatic carbocycles. The van der Waals surface area contributed by atoms with Crippen LogP contribution < -0.4 is 4.74 Å². The summed E-state index contributed by atoms with van der Waals surface area (Å²) in [4.78, 5) is 22.0. The first-order valence-electron chi connectivity index (χ1n) is 10.1. The highest BCUT2D eigenvalue weighted by Gasteiger charge is 2.13. The molecule has 0 aromatic heterocycles. The Morgan fingerprint density at radius 1 is 0.839 bits per heavy atom. The third-order valence-corrected chi connectivity index (χ3v) is 4.80. The van der Waals surface area contributed by atoms with Gasteiger partial charge in [-0.3, -0.25) is 4.79 Å². The average Bonchev–Trinajstić information content (AvgIpc) is 2.77. The highest BCUT2D eigenvalue weighted by molar-refractivity contribution is 5.98.